The summed E-state index contributed by atoms with van der Waals surface area (Å²) in [7, 11) is 3.89. The van der Waals surface area contributed by atoms with Gasteiger partial charge in [-0.3, -0.25) is 4.79 Å². The fourth-order valence-electron chi connectivity index (χ4n) is 1.75. The van der Waals surface area contributed by atoms with Crippen molar-refractivity contribution < 1.29 is 9.90 Å². The van der Waals surface area contributed by atoms with Crippen molar-refractivity contribution in [2.75, 3.05) is 38.6 Å². The molecule has 0 unspecified atom stereocenters. The van der Waals surface area contributed by atoms with E-state index < -0.39 is 5.97 Å². The number of nitriles is 1. The summed E-state index contributed by atoms with van der Waals surface area (Å²) in [5.41, 5.74) is 2.31. The van der Waals surface area contributed by atoms with Crippen molar-refractivity contribution in [1.29, 1.82) is 5.26 Å². The van der Waals surface area contributed by atoms with Crippen molar-refractivity contribution in [3.63, 3.8) is 0 Å². The van der Waals surface area contributed by atoms with Gasteiger partial charge in [0.15, 0.2) is 0 Å². The maximum absolute atomic E-state index is 10.9. The van der Waals surface area contributed by atoms with Gasteiger partial charge in [-0.05, 0) is 44.8 Å². The Balaban J connectivity index is 2.93. The Bertz CT molecular complexity index is 492. The smallest absolute Gasteiger partial charge is 0.323 e. The largest absolute Gasteiger partial charge is 0.480 e. The van der Waals surface area contributed by atoms with E-state index in [-0.39, 0.29) is 6.54 Å². The second-order valence-electron chi connectivity index (χ2n) is 4.73. The lowest BCUT2D eigenvalue weighted by atomic mass is 10.1. The van der Waals surface area contributed by atoms with E-state index in [0.29, 0.717) is 12.1 Å². The molecule has 5 heteroatoms. The number of nitrogens with zero attached hydrogens (tertiary/aromatic N) is 3. The number of rotatable bonds is 6. The number of likely N-dealkylation sites (N-methyl/N-ethyl adjacent to an activating group) is 1. The van der Waals surface area contributed by atoms with Crippen LogP contribution in [0.1, 0.15) is 11.1 Å². The molecule has 0 aliphatic rings. The van der Waals surface area contributed by atoms with Gasteiger partial charge in [-0.2, -0.15) is 5.26 Å². The van der Waals surface area contributed by atoms with E-state index >= 15 is 0 Å². The number of hydrogen-bond donors (Lipinski definition) is 1. The summed E-state index contributed by atoms with van der Waals surface area (Å²) in [5.74, 6) is -0.860. The summed E-state index contributed by atoms with van der Waals surface area (Å²) in [5, 5.41) is 17.9. The zero-order valence-electron chi connectivity index (χ0n) is 11.6. The fourth-order valence-corrected chi connectivity index (χ4v) is 1.75. The minimum absolute atomic E-state index is 0.0425. The minimum atomic E-state index is -0.860. The molecular formula is C14H19N3O2. The average Bonchev–Trinajstić information content (AvgIpc) is 2.33. The molecule has 0 bridgehead atoms. The molecule has 0 spiro atoms. The Morgan fingerprint density at radius 2 is 2.05 bits per heavy atom. The van der Waals surface area contributed by atoms with Crippen molar-refractivity contribution in [2.24, 2.45) is 0 Å². The first kappa shape index (κ1) is 15.0. The lowest BCUT2D eigenvalue weighted by Gasteiger charge is -2.25. The summed E-state index contributed by atoms with van der Waals surface area (Å²) in [6.45, 7) is 3.21. The van der Waals surface area contributed by atoms with Crippen LogP contribution >= 0.6 is 0 Å². The standard InChI is InChI=1S/C14H19N3O2/c1-11-8-13(5-4-12(11)9-15)17(10-14(18)19)7-6-16(2)3/h4-5,8H,6-7,10H2,1-3H3,(H,18,19). The molecule has 0 saturated carbocycles. The third-order valence-corrected chi connectivity index (χ3v) is 2.84. The molecule has 0 saturated heterocycles. The summed E-state index contributed by atoms with van der Waals surface area (Å²) in [6.07, 6.45) is 0. The SMILES string of the molecule is Cc1cc(N(CCN(C)C)CC(=O)O)ccc1C#N. The predicted molar refractivity (Wildman–Crippen MR) is 74.3 cm³/mol. The lowest BCUT2D eigenvalue weighted by molar-refractivity contribution is -0.135. The van der Waals surface area contributed by atoms with Crippen LogP contribution in [0.15, 0.2) is 18.2 Å². The number of carboxylic acid groups (broad SMARTS) is 1. The molecule has 0 radical (unpaired) electrons. The normalized spacial score (nSPS) is 10.3. The molecule has 0 aromatic heterocycles. The van der Waals surface area contributed by atoms with Gasteiger partial charge in [0, 0.05) is 18.8 Å². The van der Waals surface area contributed by atoms with E-state index in [1.54, 1.807) is 17.0 Å². The first-order valence-corrected chi connectivity index (χ1v) is 6.06. The summed E-state index contributed by atoms with van der Waals surface area (Å²) in [4.78, 5) is 14.7. The number of anilines is 1. The van der Waals surface area contributed by atoms with Crippen LogP contribution in [-0.2, 0) is 4.79 Å². The third-order valence-electron chi connectivity index (χ3n) is 2.84. The quantitative estimate of drug-likeness (QED) is 0.836. The van der Waals surface area contributed by atoms with E-state index in [2.05, 4.69) is 6.07 Å². The van der Waals surface area contributed by atoms with Gasteiger partial charge >= 0.3 is 5.97 Å². The van der Waals surface area contributed by atoms with Crippen LogP contribution in [-0.4, -0.2) is 49.7 Å². The van der Waals surface area contributed by atoms with Crippen LogP contribution in [0.4, 0.5) is 5.69 Å². The van der Waals surface area contributed by atoms with Crippen molar-refractivity contribution in [3.8, 4) is 6.07 Å². The summed E-state index contributed by atoms with van der Waals surface area (Å²) < 4.78 is 0. The highest BCUT2D eigenvalue weighted by molar-refractivity contribution is 5.74. The zero-order chi connectivity index (χ0) is 14.4. The maximum Gasteiger partial charge on any atom is 0.323 e. The average molecular weight is 261 g/mol. The van der Waals surface area contributed by atoms with E-state index in [1.165, 1.54) is 0 Å². The molecule has 0 amide bonds. The van der Waals surface area contributed by atoms with Crippen molar-refractivity contribution in [1.82, 2.24) is 4.90 Å². The highest BCUT2D eigenvalue weighted by Crippen LogP contribution is 2.18. The highest BCUT2D eigenvalue weighted by atomic mass is 16.4. The first-order valence-electron chi connectivity index (χ1n) is 6.06. The van der Waals surface area contributed by atoms with Gasteiger partial charge in [0.05, 0.1) is 11.6 Å². The number of hydrogen-bond acceptors (Lipinski definition) is 4. The van der Waals surface area contributed by atoms with Gasteiger partial charge in [-0.25, -0.2) is 0 Å². The van der Waals surface area contributed by atoms with Crippen LogP contribution in [0, 0.1) is 18.3 Å². The maximum atomic E-state index is 10.9. The Kier molecular flexibility index (Phi) is 5.34. The van der Waals surface area contributed by atoms with E-state index in [9.17, 15) is 4.79 Å². The van der Waals surface area contributed by atoms with Crippen LogP contribution in [0.25, 0.3) is 0 Å². The molecule has 19 heavy (non-hydrogen) atoms. The van der Waals surface area contributed by atoms with Crippen molar-refractivity contribution >= 4 is 11.7 Å². The first-order chi connectivity index (χ1) is 8.93. The fraction of sp³-hybridized carbons (Fsp3) is 0.429. The molecule has 0 fully saturated rings. The van der Waals surface area contributed by atoms with Gasteiger partial charge < -0.3 is 14.9 Å². The summed E-state index contributed by atoms with van der Waals surface area (Å²) in [6, 6.07) is 7.49. The zero-order valence-corrected chi connectivity index (χ0v) is 11.6. The molecule has 1 N–H and O–H groups in total. The van der Waals surface area contributed by atoms with Crippen molar-refractivity contribution in [2.45, 2.75) is 6.92 Å². The highest BCUT2D eigenvalue weighted by Gasteiger charge is 2.12. The van der Waals surface area contributed by atoms with Gasteiger partial charge in [-0.1, -0.05) is 0 Å². The van der Waals surface area contributed by atoms with Crippen LogP contribution in [0.3, 0.4) is 0 Å². The molecule has 0 heterocycles. The van der Waals surface area contributed by atoms with E-state index in [0.717, 1.165) is 17.8 Å². The van der Waals surface area contributed by atoms with Gasteiger partial charge in [0.1, 0.15) is 6.54 Å². The minimum Gasteiger partial charge on any atom is -0.480 e. The molecular weight excluding hydrogens is 242 g/mol. The van der Waals surface area contributed by atoms with Crippen LogP contribution in [0.2, 0.25) is 0 Å². The van der Waals surface area contributed by atoms with Crippen LogP contribution in [0.5, 0.6) is 0 Å². The number of benzene rings is 1. The Hall–Kier alpha value is -2.06. The second kappa shape index (κ2) is 6.76. The molecule has 0 atom stereocenters. The van der Waals surface area contributed by atoms with Crippen molar-refractivity contribution in [3.05, 3.63) is 29.3 Å². The van der Waals surface area contributed by atoms with Gasteiger partial charge in [-0.15, -0.1) is 0 Å². The molecule has 0 aliphatic carbocycles. The monoisotopic (exact) mass is 261 g/mol. The predicted octanol–water partition coefficient (Wildman–Crippen LogP) is 1.32. The Labute approximate surface area is 113 Å². The number of carbonyl (C=O) groups is 1. The van der Waals surface area contributed by atoms with E-state index in [1.807, 2.05) is 32.0 Å². The van der Waals surface area contributed by atoms with Gasteiger partial charge in [0.2, 0.25) is 0 Å². The molecule has 1 aromatic rings. The Morgan fingerprint density at radius 1 is 1.37 bits per heavy atom. The number of carboxylic acids is 1. The summed E-state index contributed by atoms with van der Waals surface area (Å²) >= 11 is 0. The van der Waals surface area contributed by atoms with E-state index in [4.69, 9.17) is 10.4 Å². The molecule has 5 nitrogen and oxygen atoms in total. The van der Waals surface area contributed by atoms with Crippen LogP contribution < -0.4 is 4.90 Å². The molecule has 102 valence electrons. The number of aliphatic carboxylic acids is 1. The third kappa shape index (κ3) is 4.60. The second-order valence-corrected chi connectivity index (χ2v) is 4.73. The number of aryl methyl sites for hydroxylation is 1. The molecule has 0 aliphatic heterocycles. The topological polar surface area (TPSA) is 67.6 Å². The van der Waals surface area contributed by atoms with Gasteiger partial charge in [0.25, 0.3) is 0 Å². The lowest BCUT2D eigenvalue weighted by Crippen LogP contribution is -2.35. The Morgan fingerprint density at radius 3 is 2.53 bits per heavy atom. The molecule has 1 aromatic carbocycles. The molecule has 1 rings (SSSR count).